The first-order valence-corrected chi connectivity index (χ1v) is 10.8. The van der Waals surface area contributed by atoms with Crippen LogP contribution in [0.25, 0.3) is 10.9 Å². The Morgan fingerprint density at radius 3 is 2.48 bits per heavy atom. The smallest absolute Gasteiger partial charge is 0.303 e. The zero-order valence-corrected chi connectivity index (χ0v) is 17.1. The van der Waals surface area contributed by atoms with Crippen LogP contribution in [0.15, 0.2) is 48.5 Å². The van der Waals surface area contributed by atoms with E-state index in [0.29, 0.717) is 12.3 Å². The van der Waals surface area contributed by atoms with E-state index in [0.717, 1.165) is 27.7 Å². The molecule has 0 aliphatic heterocycles. The van der Waals surface area contributed by atoms with E-state index in [4.69, 9.17) is 10.5 Å². The lowest BCUT2D eigenvalue weighted by Crippen LogP contribution is -2.26. The number of nitrogens with two attached hydrogens (primary N) is 1. The molecule has 0 aliphatic rings. The lowest BCUT2D eigenvalue weighted by Gasteiger charge is -2.15. The molecule has 1 atom stereocenters. The molecule has 0 spiro atoms. The summed E-state index contributed by atoms with van der Waals surface area (Å²) in [5.41, 5.74) is 7.76. The van der Waals surface area contributed by atoms with Gasteiger partial charge in [-0.2, -0.15) is 8.42 Å². The van der Waals surface area contributed by atoms with Crippen LogP contribution in [0.5, 0.6) is 5.75 Å². The van der Waals surface area contributed by atoms with Gasteiger partial charge in [0.25, 0.3) is 0 Å². The number of primary amides is 1. The van der Waals surface area contributed by atoms with Crippen molar-refractivity contribution >= 4 is 26.9 Å². The van der Waals surface area contributed by atoms with Gasteiger partial charge in [-0.1, -0.05) is 37.3 Å². The molecule has 1 heterocycles. The zero-order valence-electron chi connectivity index (χ0n) is 16.3. The van der Waals surface area contributed by atoms with E-state index in [1.807, 2.05) is 43.3 Å². The summed E-state index contributed by atoms with van der Waals surface area (Å²) in [5, 5.41) is 0.764. The number of amides is 1. The fraction of sp³-hybridized carbons (Fsp3) is 0.286. The number of benzene rings is 2. The number of hydrogen-bond donors (Lipinski definition) is 2. The first-order chi connectivity index (χ1) is 13.7. The molecule has 2 aromatic carbocycles. The van der Waals surface area contributed by atoms with Crippen LogP contribution in [0.2, 0.25) is 0 Å². The summed E-state index contributed by atoms with van der Waals surface area (Å²) in [6.07, 6.45) is 0.155. The monoisotopic (exact) mass is 416 g/mol. The van der Waals surface area contributed by atoms with Crippen LogP contribution >= 0.6 is 0 Å². The van der Waals surface area contributed by atoms with Gasteiger partial charge in [0.15, 0.2) is 0 Å². The fourth-order valence-electron chi connectivity index (χ4n) is 3.48. The average molecular weight is 416 g/mol. The topological polar surface area (TPSA) is 112 Å². The number of rotatable bonds is 8. The maximum atomic E-state index is 11.6. The second-order valence-corrected chi connectivity index (χ2v) is 8.48. The highest BCUT2D eigenvalue weighted by Crippen LogP contribution is 2.31. The van der Waals surface area contributed by atoms with Gasteiger partial charge < -0.3 is 15.0 Å². The molecular weight excluding hydrogens is 392 g/mol. The molecule has 0 bridgehead atoms. The number of carbonyl (C=O) groups is 1. The van der Waals surface area contributed by atoms with Crippen molar-refractivity contribution in [2.45, 2.75) is 38.7 Å². The van der Waals surface area contributed by atoms with Gasteiger partial charge in [-0.25, -0.2) is 0 Å². The maximum absolute atomic E-state index is 11.6. The molecule has 8 heteroatoms. The number of fused-ring (bicyclic) bond motifs is 1. The van der Waals surface area contributed by atoms with Crippen LogP contribution in [-0.2, 0) is 27.9 Å². The van der Waals surface area contributed by atoms with Crippen molar-refractivity contribution in [1.29, 1.82) is 0 Å². The third kappa shape index (κ3) is 4.60. The molecule has 3 aromatic rings. The van der Waals surface area contributed by atoms with Crippen molar-refractivity contribution < 1.29 is 22.5 Å². The van der Waals surface area contributed by atoms with Crippen LogP contribution in [0.1, 0.15) is 30.2 Å². The normalized spacial score (nSPS) is 12.8. The molecule has 0 fully saturated rings. The van der Waals surface area contributed by atoms with E-state index in [-0.39, 0.29) is 12.8 Å². The zero-order chi connectivity index (χ0) is 21.2. The van der Waals surface area contributed by atoms with Crippen molar-refractivity contribution in [1.82, 2.24) is 4.57 Å². The number of nitrogens with zero attached hydrogens (tertiary/aromatic N) is 1. The third-order valence-electron chi connectivity index (χ3n) is 4.89. The Labute approximate surface area is 169 Å². The maximum Gasteiger partial charge on any atom is 0.303 e. The van der Waals surface area contributed by atoms with E-state index in [9.17, 15) is 17.8 Å². The second-order valence-electron chi connectivity index (χ2n) is 6.93. The quantitative estimate of drug-likeness (QED) is 0.548. The number of aromatic nitrogens is 1. The van der Waals surface area contributed by atoms with E-state index in [2.05, 4.69) is 4.57 Å². The summed E-state index contributed by atoms with van der Waals surface area (Å²) in [5.74, 6) is -0.160. The van der Waals surface area contributed by atoms with Gasteiger partial charge in [0.2, 0.25) is 11.3 Å². The van der Waals surface area contributed by atoms with Gasteiger partial charge in [-0.05, 0) is 42.7 Å². The van der Waals surface area contributed by atoms with Gasteiger partial charge >= 0.3 is 10.1 Å². The Balaban J connectivity index is 2.09. The van der Waals surface area contributed by atoms with Crippen molar-refractivity contribution in [3.63, 3.8) is 0 Å². The minimum Gasteiger partial charge on any atom is -0.472 e. The first kappa shape index (κ1) is 20.9. The van der Waals surface area contributed by atoms with Gasteiger partial charge in [0.1, 0.15) is 5.75 Å². The Kier molecular flexibility index (Phi) is 5.95. The first-order valence-electron chi connectivity index (χ1n) is 9.27. The molecule has 0 radical (unpaired) electrons. The van der Waals surface area contributed by atoms with E-state index in [1.54, 1.807) is 19.1 Å². The number of ether oxygens (including phenoxy) is 1. The van der Waals surface area contributed by atoms with Gasteiger partial charge in [0.05, 0.1) is 6.42 Å². The largest absolute Gasteiger partial charge is 0.472 e. The molecule has 1 amide bonds. The minimum absolute atomic E-state index is 0.0586. The molecule has 154 valence electrons. The predicted molar refractivity (Wildman–Crippen MR) is 111 cm³/mol. The van der Waals surface area contributed by atoms with Crippen molar-refractivity contribution in [3.05, 3.63) is 65.4 Å². The van der Waals surface area contributed by atoms with Gasteiger partial charge in [-0.15, -0.1) is 0 Å². The summed E-state index contributed by atoms with van der Waals surface area (Å²) in [4.78, 5) is 11.6. The minimum atomic E-state index is -4.34. The SMILES string of the molecule is CCC(Oc1ccc2c(c1)c(CC(N)=O)c(C)n2Cc1ccccc1)S(=O)(=O)O. The summed E-state index contributed by atoms with van der Waals surface area (Å²) in [7, 11) is -4.34. The lowest BCUT2D eigenvalue weighted by atomic mass is 10.1. The molecule has 1 aromatic heterocycles. The number of hydrogen-bond acceptors (Lipinski definition) is 4. The molecule has 7 nitrogen and oxygen atoms in total. The van der Waals surface area contributed by atoms with E-state index < -0.39 is 21.5 Å². The standard InChI is InChI=1S/C21H24N2O5S/c1-3-21(29(25,26)27)28-16-9-10-19-18(11-16)17(12-20(22)24)14(2)23(19)13-15-7-5-4-6-8-15/h4-11,21H,3,12-13H2,1-2H3,(H2,22,24)(H,25,26,27). The fourth-order valence-corrected chi connectivity index (χ4v) is 4.13. The summed E-state index contributed by atoms with van der Waals surface area (Å²) >= 11 is 0. The molecule has 3 rings (SSSR count). The Hall–Kier alpha value is -2.84. The third-order valence-corrected chi connectivity index (χ3v) is 5.99. The van der Waals surface area contributed by atoms with E-state index >= 15 is 0 Å². The summed E-state index contributed by atoms with van der Waals surface area (Å²) in [6.45, 7) is 4.15. The van der Waals surface area contributed by atoms with Crippen LogP contribution in [0, 0.1) is 6.92 Å². The summed E-state index contributed by atoms with van der Waals surface area (Å²) in [6, 6.07) is 15.1. The molecule has 3 N–H and O–H groups in total. The van der Waals surface area contributed by atoms with Crippen LogP contribution in [0.3, 0.4) is 0 Å². The van der Waals surface area contributed by atoms with Crippen molar-refractivity contribution in [3.8, 4) is 5.75 Å². The predicted octanol–water partition coefficient (Wildman–Crippen LogP) is 3.03. The Bertz CT molecular complexity index is 1140. The highest BCUT2D eigenvalue weighted by atomic mass is 32.2. The molecule has 0 saturated carbocycles. The lowest BCUT2D eigenvalue weighted by molar-refractivity contribution is -0.117. The molecule has 0 aliphatic carbocycles. The molecule has 0 saturated heterocycles. The average Bonchev–Trinajstić information content (AvgIpc) is 2.91. The van der Waals surface area contributed by atoms with Gasteiger partial charge in [0, 0.05) is 23.1 Å². The van der Waals surface area contributed by atoms with Crippen molar-refractivity contribution in [2.75, 3.05) is 0 Å². The van der Waals surface area contributed by atoms with Gasteiger partial charge in [-0.3, -0.25) is 9.35 Å². The molecule has 1 unspecified atom stereocenters. The van der Waals surface area contributed by atoms with E-state index in [1.165, 1.54) is 0 Å². The molecule has 29 heavy (non-hydrogen) atoms. The van der Waals surface area contributed by atoms with Crippen LogP contribution in [-0.4, -0.2) is 28.9 Å². The highest BCUT2D eigenvalue weighted by Gasteiger charge is 2.24. The number of carbonyl (C=O) groups excluding carboxylic acids is 1. The Morgan fingerprint density at radius 2 is 1.90 bits per heavy atom. The highest BCUT2D eigenvalue weighted by molar-refractivity contribution is 7.86. The molecular formula is C21H24N2O5S. The van der Waals surface area contributed by atoms with Crippen LogP contribution < -0.4 is 10.5 Å². The Morgan fingerprint density at radius 1 is 1.21 bits per heavy atom. The second kappa shape index (κ2) is 8.26. The van der Waals surface area contributed by atoms with Crippen molar-refractivity contribution in [2.24, 2.45) is 5.73 Å². The summed E-state index contributed by atoms with van der Waals surface area (Å²) < 4.78 is 39.8. The van der Waals surface area contributed by atoms with Crippen LogP contribution in [0.4, 0.5) is 0 Å².